The summed E-state index contributed by atoms with van der Waals surface area (Å²) >= 11 is 0. The molecule has 226 valence electrons. The van der Waals surface area contributed by atoms with Gasteiger partial charge in [-0.25, -0.2) is 22.0 Å². The molecule has 1 N–H and O–H groups in total. The molecule has 7 nitrogen and oxygen atoms in total. The van der Waals surface area contributed by atoms with Gasteiger partial charge in [0.1, 0.15) is 41.4 Å². The summed E-state index contributed by atoms with van der Waals surface area (Å²) in [6, 6.07) is 5.05. The fourth-order valence-electron chi connectivity index (χ4n) is 7.60. The van der Waals surface area contributed by atoms with Crippen LogP contribution in [0, 0.1) is 35.8 Å². The number of alkyl halides is 3. The molecule has 4 aliphatic rings. The van der Waals surface area contributed by atoms with E-state index in [0.29, 0.717) is 18.4 Å². The number of rotatable bonds is 5. The summed E-state index contributed by atoms with van der Waals surface area (Å²) in [5.41, 5.74) is -1.02. The molecule has 1 aliphatic carbocycles. The average molecular weight is 608 g/mol. The average Bonchev–Trinajstić information content (AvgIpc) is 3.46. The van der Waals surface area contributed by atoms with E-state index in [4.69, 9.17) is 11.2 Å². The Bertz CT molecular complexity index is 1900. The van der Waals surface area contributed by atoms with E-state index in [0.717, 1.165) is 19.4 Å². The lowest BCUT2D eigenvalue weighted by molar-refractivity contribution is 0.0796. The third-order valence-corrected chi connectivity index (χ3v) is 9.82. The van der Waals surface area contributed by atoms with E-state index in [1.54, 1.807) is 4.90 Å². The number of phenols is 1. The van der Waals surface area contributed by atoms with Crippen LogP contribution in [-0.2, 0) is 0 Å². The molecule has 0 radical (unpaired) electrons. The predicted molar refractivity (Wildman–Crippen MR) is 152 cm³/mol. The Balaban J connectivity index is 1.26. The van der Waals surface area contributed by atoms with Gasteiger partial charge >= 0.3 is 6.01 Å². The van der Waals surface area contributed by atoms with Crippen LogP contribution in [0.2, 0.25) is 0 Å². The van der Waals surface area contributed by atoms with E-state index in [1.165, 1.54) is 30.5 Å². The highest BCUT2D eigenvalue weighted by atomic mass is 19.3. The van der Waals surface area contributed by atoms with Gasteiger partial charge in [0.2, 0.25) is 0 Å². The first-order valence-electron chi connectivity index (χ1n) is 14.5. The molecule has 0 spiro atoms. The van der Waals surface area contributed by atoms with Crippen molar-refractivity contribution in [1.29, 1.82) is 0 Å². The lowest BCUT2D eigenvalue weighted by Crippen LogP contribution is -2.43. The van der Waals surface area contributed by atoms with Crippen LogP contribution >= 0.6 is 0 Å². The van der Waals surface area contributed by atoms with Crippen LogP contribution in [-0.4, -0.2) is 75.4 Å². The number of hydrogen-bond donors (Lipinski definition) is 1. The van der Waals surface area contributed by atoms with Crippen molar-refractivity contribution in [3.05, 3.63) is 47.7 Å². The van der Waals surface area contributed by atoms with Crippen LogP contribution in [0.5, 0.6) is 11.8 Å². The second-order valence-electron chi connectivity index (χ2n) is 12.3. The van der Waals surface area contributed by atoms with Crippen LogP contribution in [0.25, 0.3) is 32.9 Å². The van der Waals surface area contributed by atoms with E-state index >= 15 is 4.39 Å². The molecule has 4 atom stereocenters. The molecule has 8 rings (SSSR count). The zero-order valence-electron chi connectivity index (χ0n) is 23.3. The number of ether oxygens (including phenoxy) is 1. The molecule has 44 heavy (non-hydrogen) atoms. The Morgan fingerprint density at radius 3 is 2.68 bits per heavy atom. The second-order valence-corrected chi connectivity index (χ2v) is 12.3. The quantitative estimate of drug-likeness (QED) is 0.239. The number of halogens is 5. The number of hydrogen-bond acceptors (Lipinski definition) is 7. The molecule has 2 aromatic heterocycles. The third kappa shape index (κ3) is 3.94. The second kappa shape index (κ2) is 9.38. The van der Waals surface area contributed by atoms with Crippen molar-refractivity contribution in [2.75, 3.05) is 37.7 Å². The molecular weight excluding hydrogens is 581 g/mol. The normalized spacial score (nSPS) is 27.1. The topological polar surface area (TPSA) is 74.6 Å². The lowest BCUT2D eigenvalue weighted by Gasteiger charge is -2.31. The number of terminal acetylenes is 1. The molecule has 2 unspecified atom stereocenters. The molecule has 5 heterocycles. The maximum absolute atomic E-state index is 16.6. The van der Waals surface area contributed by atoms with Gasteiger partial charge in [-0.2, -0.15) is 9.97 Å². The minimum Gasteiger partial charge on any atom is -0.508 e. The molecule has 3 saturated heterocycles. The van der Waals surface area contributed by atoms with Crippen molar-refractivity contribution < 1.29 is 31.8 Å². The van der Waals surface area contributed by atoms with Crippen LogP contribution < -0.4 is 9.64 Å². The van der Waals surface area contributed by atoms with Gasteiger partial charge < -0.3 is 14.7 Å². The van der Waals surface area contributed by atoms with E-state index < -0.39 is 41.1 Å². The largest absolute Gasteiger partial charge is 0.508 e. The van der Waals surface area contributed by atoms with Crippen LogP contribution in [0.4, 0.5) is 27.8 Å². The van der Waals surface area contributed by atoms with Gasteiger partial charge in [-0.1, -0.05) is 12.0 Å². The number of phenolic OH excluding ortho intramolecular Hbond substituents is 1. The zero-order chi connectivity index (χ0) is 30.5. The van der Waals surface area contributed by atoms with Gasteiger partial charge in [0.05, 0.1) is 28.3 Å². The minimum atomic E-state index is -2.74. The van der Waals surface area contributed by atoms with Gasteiger partial charge in [-0.05, 0) is 43.0 Å². The van der Waals surface area contributed by atoms with Crippen LogP contribution in [0.15, 0.2) is 30.5 Å². The Morgan fingerprint density at radius 1 is 1.11 bits per heavy atom. The first-order chi connectivity index (χ1) is 21.1. The molecule has 1 saturated carbocycles. The Morgan fingerprint density at radius 2 is 1.91 bits per heavy atom. The monoisotopic (exact) mass is 607 g/mol. The van der Waals surface area contributed by atoms with Crippen molar-refractivity contribution >= 4 is 27.5 Å². The first kappa shape index (κ1) is 27.3. The Kier molecular flexibility index (Phi) is 5.82. The number of nitrogens with zero attached hydrogens (tertiary/aromatic N) is 5. The molecule has 2 aromatic carbocycles. The van der Waals surface area contributed by atoms with E-state index in [2.05, 4.69) is 25.8 Å². The number of benzene rings is 2. The van der Waals surface area contributed by atoms with Gasteiger partial charge in [0.25, 0.3) is 5.92 Å². The molecule has 3 aliphatic heterocycles. The number of aromatic nitrogens is 3. The number of fused-ring (bicyclic) bond motifs is 4. The first-order valence-corrected chi connectivity index (χ1v) is 14.5. The Hall–Kier alpha value is -4.24. The zero-order valence-corrected chi connectivity index (χ0v) is 23.3. The van der Waals surface area contributed by atoms with Crippen LogP contribution in [0.1, 0.15) is 24.8 Å². The number of aromatic hydroxyl groups is 1. The van der Waals surface area contributed by atoms with Crippen LogP contribution in [0.3, 0.4) is 0 Å². The number of pyridine rings is 1. The molecule has 4 aromatic rings. The fraction of sp³-hybridized carbons (Fsp3) is 0.406. The van der Waals surface area contributed by atoms with Crippen molar-refractivity contribution in [2.45, 2.75) is 36.9 Å². The van der Waals surface area contributed by atoms with Gasteiger partial charge in [0.15, 0.2) is 5.82 Å². The minimum absolute atomic E-state index is 0.0236. The summed E-state index contributed by atoms with van der Waals surface area (Å²) in [7, 11) is 0. The molecule has 0 bridgehead atoms. The lowest BCUT2D eigenvalue weighted by atomic mass is 9.95. The van der Waals surface area contributed by atoms with Gasteiger partial charge in [-0.3, -0.25) is 9.88 Å². The highest BCUT2D eigenvalue weighted by Gasteiger charge is 2.72. The standard InChI is InChI=1S/C32H26F5N5O2/c1-2-19-24(34)5-4-16-8-18(43)9-20(25(16)19)27-26(35)28-21(11-38-27)29(41-13-22-23(14-41)32(22,36)37)40-30(39-28)44-15-31-6-3-7-42(31)12-17(33)10-31/h1,4-5,8-9,11,17,22-23,43H,3,6-7,10,12-15H2/t17-,22?,23?,31+/m1/s1. The third-order valence-electron chi connectivity index (χ3n) is 9.82. The maximum atomic E-state index is 16.6. The summed E-state index contributed by atoms with van der Waals surface area (Å²) < 4.78 is 79.9. The SMILES string of the molecule is C#Cc1c(F)ccc2cc(O)cc(-c3ncc4c(N5CC6C(C5)C6(F)F)nc(OC[C@@]56CCCN5C[C@H](F)C6)nc4c3F)c12. The van der Waals surface area contributed by atoms with E-state index in [-0.39, 0.29) is 70.4 Å². The Labute approximate surface area is 248 Å². The van der Waals surface area contributed by atoms with E-state index in [1.807, 2.05) is 0 Å². The fourth-order valence-corrected chi connectivity index (χ4v) is 7.60. The molecular formula is C32H26F5N5O2. The molecule has 4 fully saturated rings. The number of piperidine rings is 1. The van der Waals surface area contributed by atoms with E-state index in [9.17, 15) is 22.7 Å². The molecule has 0 amide bonds. The summed E-state index contributed by atoms with van der Waals surface area (Å²) in [6.45, 7) is 1.20. The summed E-state index contributed by atoms with van der Waals surface area (Å²) in [5.74, 6) is -3.69. The van der Waals surface area contributed by atoms with Crippen molar-refractivity contribution in [2.24, 2.45) is 11.8 Å². The maximum Gasteiger partial charge on any atom is 0.319 e. The summed E-state index contributed by atoms with van der Waals surface area (Å²) in [6.07, 6.45) is 7.90. The highest BCUT2D eigenvalue weighted by Crippen LogP contribution is 2.60. The van der Waals surface area contributed by atoms with Gasteiger partial charge in [0, 0.05) is 43.2 Å². The smallest absolute Gasteiger partial charge is 0.319 e. The molecule has 12 heteroatoms. The van der Waals surface area contributed by atoms with Crippen molar-refractivity contribution in [1.82, 2.24) is 19.9 Å². The van der Waals surface area contributed by atoms with Crippen molar-refractivity contribution in [3.8, 4) is 35.4 Å². The predicted octanol–water partition coefficient (Wildman–Crippen LogP) is 5.47. The summed E-state index contributed by atoms with van der Waals surface area (Å²) in [4.78, 5) is 17.0. The summed E-state index contributed by atoms with van der Waals surface area (Å²) in [5, 5.41) is 11.2. The number of anilines is 1. The highest BCUT2D eigenvalue weighted by molar-refractivity contribution is 6.03. The van der Waals surface area contributed by atoms with Crippen molar-refractivity contribution in [3.63, 3.8) is 0 Å². The van der Waals surface area contributed by atoms with Gasteiger partial charge in [-0.15, -0.1) is 6.42 Å².